The zero-order valence-electron chi connectivity index (χ0n) is 19.8. The fourth-order valence-electron chi connectivity index (χ4n) is 3.33. The van der Waals surface area contributed by atoms with E-state index in [0.29, 0.717) is 5.56 Å². The van der Waals surface area contributed by atoms with Gasteiger partial charge < -0.3 is 26.2 Å². The standard InChI is InChI=1S/C25H20BrClN4O8/c26-16-7-15(8-17(10-16)31(38)39)23(34)29-12-21(25(36)37)30-24(35)19-5-4-14(9-20(19)27)22(33)28-11-13-2-1-3-18(32)6-13/h1-10,21,32H,11-12H2,(H,28,33)(H,29,34)(H,30,35)(H,36,37)/t21-/m0/s1. The van der Waals surface area contributed by atoms with Crippen molar-refractivity contribution in [3.8, 4) is 5.75 Å². The number of aliphatic carboxylic acids is 1. The lowest BCUT2D eigenvalue weighted by molar-refractivity contribution is -0.385. The number of carboxylic acids is 1. The molecule has 0 saturated heterocycles. The van der Waals surface area contributed by atoms with Crippen LogP contribution < -0.4 is 16.0 Å². The molecular weight excluding hydrogens is 600 g/mol. The van der Waals surface area contributed by atoms with Crippen LogP contribution >= 0.6 is 27.5 Å². The smallest absolute Gasteiger partial charge is 0.328 e. The van der Waals surface area contributed by atoms with Gasteiger partial charge in [-0.2, -0.15) is 0 Å². The second-order valence-corrected chi connectivity index (χ2v) is 9.40. The number of non-ortho nitro benzene ring substituents is 1. The second kappa shape index (κ2) is 12.8. The molecule has 0 spiro atoms. The van der Waals surface area contributed by atoms with Crippen LogP contribution in [0.4, 0.5) is 5.69 Å². The first-order chi connectivity index (χ1) is 18.4. The van der Waals surface area contributed by atoms with Gasteiger partial charge in [-0.25, -0.2) is 4.79 Å². The molecule has 14 heteroatoms. The third-order valence-corrected chi connectivity index (χ3v) is 6.04. The largest absolute Gasteiger partial charge is 0.508 e. The van der Waals surface area contributed by atoms with Crippen molar-refractivity contribution in [3.63, 3.8) is 0 Å². The summed E-state index contributed by atoms with van der Waals surface area (Å²) < 4.78 is 0.274. The minimum absolute atomic E-state index is 0.0523. The molecule has 0 heterocycles. The lowest BCUT2D eigenvalue weighted by Gasteiger charge is -2.16. The molecule has 0 unspecified atom stereocenters. The van der Waals surface area contributed by atoms with Crippen LogP contribution in [-0.4, -0.2) is 51.4 Å². The molecule has 0 aromatic heterocycles. The summed E-state index contributed by atoms with van der Waals surface area (Å²) in [5, 5.41) is 37.1. The predicted molar refractivity (Wildman–Crippen MR) is 143 cm³/mol. The average molecular weight is 620 g/mol. The average Bonchev–Trinajstić information content (AvgIpc) is 2.88. The number of aromatic hydroxyl groups is 1. The Morgan fingerprint density at radius 1 is 0.949 bits per heavy atom. The third kappa shape index (κ3) is 7.99. The van der Waals surface area contributed by atoms with Crippen molar-refractivity contribution in [1.82, 2.24) is 16.0 Å². The van der Waals surface area contributed by atoms with Crippen molar-refractivity contribution < 1.29 is 34.3 Å². The van der Waals surface area contributed by atoms with Crippen molar-refractivity contribution >= 4 is 56.9 Å². The van der Waals surface area contributed by atoms with Crippen LogP contribution in [0, 0.1) is 10.1 Å². The minimum Gasteiger partial charge on any atom is -0.508 e. The van der Waals surface area contributed by atoms with E-state index in [9.17, 15) is 39.5 Å². The van der Waals surface area contributed by atoms with Gasteiger partial charge in [0, 0.05) is 40.8 Å². The summed E-state index contributed by atoms with van der Waals surface area (Å²) in [6.07, 6.45) is 0. The molecule has 3 amide bonds. The molecule has 3 aromatic carbocycles. The number of nitrogens with zero attached hydrogens (tertiary/aromatic N) is 1. The number of carbonyl (C=O) groups excluding carboxylic acids is 3. The first-order valence-corrected chi connectivity index (χ1v) is 12.2. The van der Waals surface area contributed by atoms with E-state index in [1.165, 1.54) is 42.5 Å². The highest BCUT2D eigenvalue weighted by Gasteiger charge is 2.24. The molecule has 3 rings (SSSR count). The highest BCUT2D eigenvalue weighted by Crippen LogP contribution is 2.22. The fourth-order valence-corrected chi connectivity index (χ4v) is 4.08. The van der Waals surface area contributed by atoms with E-state index in [1.54, 1.807) is 12.1 Å². The van der Waals surface area contributed by atoms with Gasteiger partial charge in [-0.3, -0.25) is 24.5 Å². The lowest BCUT2D eigenvalue weighted by Crippen LogP contribution is -2.48. The Labute approximate surface area is 234 Å². The van der Waals surface area contributed by atoms with Crippen LogP contribution in [0.15, 0.2) is 65.1 Å². The molecule has 1 atom stereocenters. The Balaban J connectivity index is 1.63. The molecule has 0 fully saturated rings. The van der Waals surface area contributed by atoms with Crippen molar-refractivity contribution in [2.24, 2.45) is 0 Å². The zero-order valence-corrected chi connectivity index (χ0v) is 22.2. The molecule has 0 saturated carbocycles. The van der Waals surface area contributed by atoms with E-state index in [-0.39, 0.29) is 44.2 Å². The van der Waals surface area contributed by atoms with E-state index in [2.05, 4.69) is 31.9 Å². The molecule has 3 aromatic rings. The fraction of sp³-hybridized carbons (Fsp3) is 0.120. The molecule has 0 aliphatic heterocycles. The summed E-state index contributed by atoms with van der Waals surface area (Å²) >= 11 is 9.25. The summed E-state index contributed by atoms with van der Waals surface area (Å²) in [4.78, 5) is 59.6. The van der Waals surface area contributed by atoms with Crippen molar-refractivity contribution in [1.29, 1.82) is 0 Å². The van der Waals surface area contributed by atoms with Gasteiger partial charge in [0.25, 0.3) is 23.4 Å². The van der Waals surface area contributed by atoms with Gasteiger partial charge in [-0.05, 0) is 42.0 Å². The summed E-state index contributed by atoms with van der Waals surface area (Å²) in [5.74, 6) is -3.56. The zero-order chi connectivity index (χ0) is 28.7. The SMILES string of the molecule is O=C(NCc1cccc(O)c1)c1ccc(C(=O)N[C@@H](CNC(=O)c2cc(Br)cc([N+](=O)[O-])c2)C(=O)O)c(Cl)c1. The van der Waals surface area contributed by atoms with Gasteiger partial charge in [0.2, 0.25) is 0 Å². The first-order valence-electron chi connectivity index (χ1n) is 11.1. The number of nitrogens with one attached hydrogen (secondary N) is 3. The summed E-state index contributed by atoms with van der Waals surface area (Å²) in [5.41, 5.74) is 0.259. The quantitative estimate of drug-likeness (QED) is 0.169. The number of phenols is 1. The van der Waals surface area contributed by atoms with Crippen LogP contribution in [-0.2, 0) is 11.3 Å². The molecule has 0 radical (unpaired) electrons. The monoisotopic (exact) mass is 618 g/mol. The Bertz CT molecular complexity index is 1470. The van der Waals surface area contributed by atoms with Crippen LogP contribution in [0.25, 0.3) is 0 Å². The number of nitro benzene ring substituents is 1. The molecule has 0 bridgehead atoms. The van der Waals surface area contributed by atoms with Crippen molar-refractivity contribution in [3.05, 3.63) is 103 Å². The van der Waals surface area contributed by atoms with E-state index < -0.39 is 41.2 Å². The Morgan fingerprint density at radius 3 is 2.31 bits per heavy atom. The van der Waals surface area contributed by atoms with Gasteiger partial charge in [-0.15, -0.1) is 0 Å². The molecular formula is C25H20BrClN4O8. The number of nitro groups is 1. The number of rotatable bonds is 10. The molecule has 0 aliphatic carbocycles. The number of halogens is 2. The topological polar surface area (TPSA) is 188 Å². The van der Waals surface area contributed by atoms with Gasteiger partial charge in [0.1, 0.15) is 11.8 Å². The minimum atomic E-state index is -1.56. The highest BCUT2D eigenvalue weighted by atomic mass is 79.9. The Morgan fingerprint density at radius 2 is 1.67 bits per heavy atom. The summed E-state index contributed by atoms with van der Waals surface area (Å²) in [6, 6.07) is 12.1. The van der Waals surface area contributed by atoms with Gasteiger partial charge in [0.05, 0.1) is 15.5 Å². The number of benzene rings is 3. The number of hydrogen-bond acceptors (Lipinski definition) is 7. The maximum Gasteiger partial charge on any atom is 0.328 e. The molecule has 39 heavy (non-hydrogen) atoms. The molecule has 12 nitrogen and oxygen atoms in total. The van der Waals surface area contributed by atoms with Gasteiger partial charge in [-0.1, -0.05) is 39.7 Å². The summed E-state index contributed by atoms with van der Waals surface area (Å²) in [7, 11) is 0. The van der Waals surface area contributed by atoms with Crippen molar-refractivity contribution in [2.45, 2.75) is 12.6 Å². The molecule has 5 N–H and O–H groups in total. The second-order valence-electron chi connectivity index (χ2n) is 8.08. The van der Waals surface area contributed by atoms with Gasteiger partial charge >= 0.3 is 5.97 Å². The Kier molecular flexibility index (Phi) is 9.57. The van der Waals surface area contributed by atoms with Crippen LogP contribution in [0.5, 0.6) is 5.75 Å². The lowest BCUT2D eigenvalue weighted by atomic mass is 10.1. The number of hydrogen-bond donors (Lipinski definition) is 5. The van der Waals surface area contributed by atoms with Crippen molar-refractivity contribution in [2.75, 3.05) is 6.54 Å². The Hall–Kier alpha value is -4.49. The van der Waals surface area contributed by atoms with E-state index in [0.717, 1.165) is 6.07 Å². The number of amides is 3. The third-order valence-electron chi connectivity index (χ3n) is 5.27. The first kappa shape index (κ1) is 29.1. The van der Waals surface area contributed by atoms with Gasteiger partial charge in [0.15, 0.2) is 0 Å². The molecule has 202 valence electrons. The predicted octanol–water partition coefficient (Wildman–Crippen LogP) is 3.26. The summed E-state index contributed by atoms with van der Waals surface area (Å²) in [6.45, 7) is -0.403. The number of carbonyl (C=O) groups is 4. The highest BCUT2D eigenvalue weighted by molar-refractivity contribution is 9.10. The normalized spacial score (nSPS) is 11.2. The van der Waals surface area contributed by atoms with Crippen LogP contribution in [0.2, 0.25) is 5.02 Å². The molecule has 0 aliphatic rings. The maximum atomic E-state index is 12.7. The number of phenolic OH excluding ortho intramolecular Hbond substituents is 1. The maximum absolute atomic E-state index is 12.7. The number of carboxylic acid groups (broad SMARTS) is 1. The van der Waals surface area contributed by atoms with E-state index >= 15 is 0 Å². The van der Waals surface area contributed by atoms with Crippen LogP contribution in [0.1, 0.15) is 36.6 Å². The van der Waals surface area contributed by atoms with Crippen LogP contribution in [0.3, 0.4) is 0 Å². The van der Waals surface area contributed by atoms with E-state index in [4.69, 9.17) is 11.6 Å². The van der Waals surface area contributed by atoms with E-state index in [1.807, 2.05) is 0 Å².